The van der Waals surface area contributed by atoms with Gasteiger partial charge in [0.05, 0.1) is 10.9 Å². The van der Waals surface area contributed by atoms with Crippen molar-refractivity contribution in [2.24, 2.45) is 0 Å². The smallest absolute Gasteiger partial charge is 0.243 e. The maximum atomic E-state index is 12.9. The Kier molecular flexibility index (Phi) is 7.94. The third kappa shape index (κ3) is 5.98. The summed E-state index contributed by atoms with van der Waals surface area (Å²) in [6, 6.07) is 15.2. The minimum atomic E-state index is -3.53. The summed E-state index contributed by atoms with van der Waals surface area (Å²) in [4.78, 5) is 16.8. The van der Waals surface area contributed by atoms with Gasteiger partial charge in [0, 0.05) is 37.7 Å². The molecular weight excluding hydrogens is 438 g/mol. The summed E-state index contributed by atoms with van der Waals surface area (Å²) in [5.41, 5.74) is 0. The van der Waals surface area contributed by atoms with Crippen molar-refractivity contribution >= 4 is 27.5 Å². The minimum Gasteiger partial charge on any atom is -0.492 e. The summed E-state index contributed by atoms with van der Waals surface area (Å²) in [7, 11) is -1.65. The van der Waals surface area contributed by atoms with Gasteiger partial charge in [-0.2, -0.15) is 4.31 Å². The molecule has 1 amide bonds. The van der Waals surface area contributed by atoms with Crippen LogP contribution in [0.2, 0.25) is 5.02 Å². The number of likely N-dealkylation sites (N-methyl/N-ethyl adjacent to an activating group) is 1. The zero-order valence-corrected chi connectivity index (χ0v) is 19.3. The molecule has 1 aliphatic heterocycles. The number of nitrogens with zero attached hydrogens (tertiary/aromatic N) is 3. The Morgan fingerprint density at radius 1 is 1.06 bits per heavy atom. The maximum absolute atomic E-state index is 12.9. The van der Waals surface area contributed by atoms with E-state index in [1.165, 1.54) is 4.31 Å². The predicted octanol–water partition coefficient (Wildman–Crippen LogP) is 2.57. The van der Waals surface area contributed by atoms with Gasteiger partial charge in [-0.1, -0.05) is 29.8 Å². The van der Waals surface area contributed by atoms with E-state index in [1.807, 2.05) is 18.9 Å². The number of piperazine rings is 1. The standard InChI is InChI=1S/C22H28ClN3O4S/c1-18(24(2)16-17-30-20-10-8-19(23)9-11-20)22(27)25-12-14-26(15-13-25)31(28,29)21-6-4-3-5-7-21/h3-11,18H,12-17H2,1-2H3. The van der Waals surface area contributed by atoms with Crippen LogP contribution in [0, 0.1) is 0 Å². The van der Waals surface area contributed by atoms with E-state index in [9.17, 15) is 13.2 Å². The van der Waals surface area contributed by atoms with Gasteiger partial charge >= 0.3 is 0 Å². The minimum absolute atomic E-state index is 0.00856. The first-order chi connectivity index (χ1) is 14.8. The molecule has 1 saturated heterocycles. The highest BCUT2D eigenvalue weighted by molar-refractivity contribution is 7.89. The molecule has 1 atom stereocenters. The normalized spacial score (nSPS) is 16.3. The highest BCUT2D eigenvalue weighted by atomic mass is 35.5. The first kappa shape index (κ1) is 23.5. The number of hydrogen-bond donors (Lipinski definition) is 0. The van der Waals surface area contributed by atoms with Crippen molar-refractivity contribution in [3.63, 3.8) is 0 Å². The van der Waals surface area contributed by atoms with Gasteiger partial charge in [0.2, 0.25) is 15.9 Å². The fraction of sp³-hybridized carbons (Fsp3) is 0.409. The molecule has 2 aromatic rings. The SMILES string of the molecule is CC(C(=O)N1CCN(S(=O)(=O)c2ccccc2)CC1)N(C)CCOc1ccc(Cl)cc1. The lowest BCUT2D eigenvalue weighted by molar-refractivity contribution is -0.137. The van der Waals surface area contributed by atoms with Crippen LogP contribution in [0.5, 0.6) is 5.75 Å². The molecule has 31 heavy (non-hydrogen) atoms. The van der Waals surface area contributed by atoms with E-state index in [-0.39, 0.29) is 16.8 Å². The number of sulfonamides is 1. The number of benzene rings is 2. The third-order valence-corrected chi connectivity index (χ3v) is 7.64. The van der Waals surface area contributed by atoms with Gasteiger partial charge in [0.25, 0.3) is 0 Å². The Balaban J connectivity index is 1.47. The number of carbonyl (C=O) groups is 1. The van der Waals surface area contributed by atoms with E-state index in [2.05, 4.69) is 0 Å². The van der Waals surface area contributed by atoms with E-state index >= 15 is 0 Å². The molecule has 2 aromatic carbocycles. The molecule has 0 radical (unpaired) electrons. The number of rotatable bonds is 8. The Hall–Kier alpha value is -2.13. The summed E-state index contributed by atoms with van der Waals surface area (Å²) in [5.74, 6) is 0.721. The van der Waals surface area contributed by atoms with Crippen LogP contribution in [0.25, 0.3) is 0 Å². The average molecular weight is 466 g/mol. The third-order valence-electron chi connectivity index (χ3n) is 5.48. The predicted molar refractivity (Wildman–Crippen MR) is 121 cm³/mol. The quantitative estimate of drug-likeness (QED) is 0.599. The van der Waals surface area contributed by atoms with Gasteiger partial charge in [-0.05, 0) is 50.4 Å². The van der Waals surface area contributed by atoms with Gasteiger partial charge in [-0.25, -0.2) is 8.42 Å². The molecule has 0 aliphatic carbocycles. The summed E-state index contributed by atoms with van der Waals surface area (Å²) in [6.07, 6.45) is 0. The van der Waals surface area contributed by atoms with Crippen molar-refractivity contribution in [3.05, 3.63) is 59.6 Å². The molecule has 0 aromatic heterocycles. The zero-order valence-electron chi connectivity index (χ0n) is 17.8. The lowest BCUT2D eigenvalue weighted by atomic mass is 10.2. The summed E-state index contributed by atoms with van der Waals surface area (Å²) >= 11 is 5.87. The van der Waals surface area contributed by atoms with Gasteiger partial charge in [0.1, 0.15) is 12.4 Å². The second-order valence-electron chi connectivity index (χ2n) is 7.50. The van der Waals surface area contributed by atoms with Crippen LogP contribution in [0.1, 0.15) is 6.92 Å². The Morgan fingerprint density at radius 2 is 1.68 bits per heavy atom. The highest BCUT2D eigenvalue weighted by Crippen LogP contribution is 2.18. The van der Waals surface area contributed by atoms with E-state index in [0.717, 1.165) is 5.75 Å². The van der Waals surface area contributed by atoms with Gasteiger partial charge in [0.15, 0.2) is 0 Å². The van der Waals surface area contributed by atoms with Crippen LogP contribution in [0.15, 0.2) is 59.5 Å². The van der Waals surface area contributed by atoms with Crippen LogP contribution in [0.3, 0.4) is 0 Å². The molecule has 0 bridgehead atoms. The molecule has 3 rings (SSSR count). The molecule has 1 heterocycles. The molecule has 1 unspecified atom stereocenters. The van der Waals surface area contributed by atoms with Crippen molar-refractivity contribution in [2.45, 2.75) is 17.9 Å². The van der Waals surface area contributed by atoms with Gasteiger partial charge in [-0.3, -0.25) is 9.69 Å². The van der Waals surface area contributed by atoms with Crippen molar-refractivity contribution in [1.29, 1.82) is 0 Å². The lowest BCUT2D eigenvalue weighted by Gasteiger charge is -2.36. The van der Waals surface area contributed by atoms with Gasteiger partial charge < -0.3 is 9.64 Å². The van der Waals surface area contributed by atoms with Crippen molar-refractivity contribution in [2.75, 3.05) is 46.4 Å². The van der Waals surface area contributed by atoms with E-state index < -0.39 is 10.0 Å². The van der Waals surface area contributed by atoms with E-state index in [0.29, 0.717) is 44.4 Å². The fourth-order valence-corrected chi connectivity index (χ4v) is 4.94. The number of ether oxygens (including phenoxy) is 1. The van der Waals surface area contributed by atoms with Crippen molar-refractivity contribution < 1.29 is 17.9 Å². The Bertz CT molecular complexity index is 962. The topological polar surface area (TPSA) is 70.2 Å². The summed E-state index contributed by atoms with van der Waals surface area (Å²) in [6.45, 7) is 4.22. The Morgan fingerprint density at radius 3 is 2.29 bits per heavy atom. The van der Waals surface area contributed by atoms with E-state index in [4.69, 9.17) is 16.3 Å². The first-order valence-electron chi connectivity index (χ1n) is 10.2. The van der Waals surface area contributed by atoms with Crippen molar-refractivity contribution in [1.82, 2.24) is 14.1 Å². The van der Waals surface area contributed by atoms with Crippen LogP contribution < -0.4 is 4.74 Å². The largest absolute Gasteiger partial charge is 0.492 e. The monoisotopic (exact) mass is 465 g/mol. The summed E-state index contributed by atoms with van der Waals surface area (Å²) < 4.78 is 32.7. The van der Waals surface area contributed by atoms with Gasteiger partial charge in [-0.15, -0.1) is 0 Å². The van der Waals surface area contributed by atoms with Crippen molar-refractivity contribution in [3.8, 4) is 5.75 Å². The number of halogens is 1. The van der Waals surface area contributed by atoms with Crippen LogP contribution >= 0.6 is 11.6 Å². The molecule has 168 valence electrons. The molecular formula is C22H28ClN3O4S. The number of carbonyl (C=O) groups excluding carboxylic acids is 1. The molecule has 0 N–H and O–H groups in total. The van der Waals surface area contributed by atoms with Crippen LogP contribution in [-0.2, 0) is 14.8 Å². The van der Waals surface area contributed by atoms with E-state index in [1.54, 1.807) is 59.5 Å². The Labute approximate surface area is 189 Å². The maximum Gasteiger partial charge on any atom is 0.243 e. The lowest BCUT2D eigenvalue weighted by Crippen LogP contribution is -2.54. The summed E-state index contributed by atoms with van der Waals surface area (Å²) in [5, 5.41) is 0.653. The number of hydrogen-bond acceptors (Lipinski definition) is 5. The van der Waals surface area contributed by atoms with Crippen LogP contribution in [-0.4, -0.2) is 80.9 Å². The second-order valence-corrected chi connectivity index (χ2v) is 9.88. The molecule has 0 spiro atoms. The number of amides is 1. The molecule has 0 saturated carbocycles. The molecule has 1 fully saturated rings. The fourth-order valence-electron chi connectivity index (χ4n) is 3.38. The first-order valence-corrected chi connectivity index (χ1v) is 12.0. The molecule has 1 aliphatic rings. The molecule has 7 nitrogen and oxygen atoms in total. The highest BCUT2D eigenvalue weighted by Gasteiger charge is 2.32. The van der Waals surface area contributed by atoms with Crippen LogP contribution in [0.4, 0.5) is 0 Å². The molecule has 9 heteroatoms. The second kappa shape index (κ2) is 10.5. The average Bonchev–Trinajstić information content (AvgIpc) is 2.80. The zero-order chi connectivity index (χ0) is 22.4.